The maximum Gasteiger partial charge on any atom is 0.410 e. The molecule has 2 aromatic rings. The molecule has 2 spiro atoms. The van der Waals surface area contributed by atoms with Crippen molar-refractivity contribution >= 4 is 52.7 Å². The predicted octanol–water partition coefficient (Wildman–Crippen LogP) is 5.34. The highest BCUT2D eigenvalue weighted by Gasteiger charge is 2.60. The molecule has 13 heteroatoms. The Morgan fingerprint density at radius 1 is 0.536 bits per heavy atom. The molecule has 2 heterocycles. The van der Waals surface area contributed by atoms with E-state index in [1.807, 2.05) is 0 Å². The second-order valence-electron chi connectivity index (χ2n) is 18.9. The number of Topliss-reactive ketones (excluding diaryl/α,β-unsaturated/α-hetero) is 6. The van der Waals surface area contributed by atoms with Gasteiger partial charge in [0.25, 0.3) is 0 Å². The Hall–Kier alpha value is -5.33. The van der Waals surface area contributed by atoms with Gasteiger partial charge in [0.2, 0.25) is 0 Å². The summed E-state index contributed by atoms with van der Waals surface area (Å²) in [6, 6.07) is 8.09. The molecular formula is C43H44N2O11. The van der Waals surface area contributed by atoms with Crippen molar-refractivity contribution < 1.29 is 52.6 Å². The molecule has 6 aliphatic rings. The molecule has 0 radical (unpaired) electrons. The summed E-state index contributed by atoms with van der Waals surface area (Å²) >= 11 is 0. The van der Waals surface area contributed by atoms with E-state index in [4.69, 9.17) is 9.47 Å². The fourth-order valence-corrected chi connectivity index (χ4v) is 9.55. The number of benzene rings is 2. The van der Waals surface area contributed by atoms with Crippen LogP contribution in [0.5, 0.6) is 0 Å². The zero-order chi connectivity index (χ0) is 40.4. The molecule has 2 atom stereocenters. The minimum atomic E-state index is -1.49. The summed E-state index contributed by atoms with van der Waals surface area (Å²) in [5.74, 6) is -7.99. The molecule has 2 saturated heterocycles. The van der Waals surface area contributed by atoms with Crippen LogP contribution in [0.2, 0.25) is 0 Å². The molecule has 4 aliphatic carbocycles. The molecule has 2 aliphatic heterocycles. The Balaban J connectivity index is 0.888. The summed E-state index contributed by atoms with van der Waals surface area (Å²) in [6.45, 7) is 12.5. The highest BCUT2D eigenvalue weighted by Crippen LogP contribution is 2.55. The summed E-state index contributed by atoms with van der Waals surface area (Å²) in [5, 5.41) is 0. The molecule has 2 unspecified atom stereocenters. The van der Waals surface area contributed by atoms with Crippen LogP contribution in [-0.4, -0.2) is 99.9 Å². The Morgan fingerprint density at radius 3 is 1.18 bits per heavy atom. The van der Waals surface area contributed by atoms with Crippen molar-refractivity contribution in [3.05, 3.63) is 69.8 Å². The Bertz CT molecular complexity index is 2040. The summed E-state index contributed by atoms with van der Waals surface area (Å²) in [6.07, 6.45) is 1.02. The second-order valence-corrected chi connectivity index (χ2v) is 18.9. The van der Waals surface area contributed by atoms with E-state index < -0.39 is 87.5 Å². The van der Waals surface area contributed by atoms with Gasteiger partial charge in [0.05, 0.1) is 0 Å². The van der Waals surface area contributed by atoms with Gasteiger partial charge in [0, 0.05) is 82.2 Å². The van der Waals surface area contributed by atoms with Crippen LogP contribution in [0.4, 0.5) is 9.59 Å². The first-order valence-electron chi connectivity index (χ1n) is 19.1. The van der Waals surface area contributed by atoms with Gasteiger partial charge in [-0.05, 0) is 91.5 Å². The van der Waals surface area contributed by atoms with Gasteiger partial charge in [0.1, 0.15) is 23.0 Å². The van der Waals surface area contributed by atoms with Crippen molar-refractivity contribution in [3.8, 4) is 0 Å². The van der Waals surface area contributed by atoms with Crippen LogP contribution in [0.25, 0.3) is 0 Å². The lowest BCUT2D eigenvalue weighted by atomic mass is 9.55. The van der Waals surface area contributed by atoms with E-state index in [9.17, 15) is 43.2 Å². The Labute approximate surface area is 323 Å². The first-order valence-corrected chi connectivity index (χ1v) is 19.1. The highest BCUT2D eigenvalue weighted by atomic mass is 16.6. The fourth-order valence-electron chi connectivity index (χ4n) is 9.55. The SMILES string of the molecule is CC(C)(C)OC(=O)N1CC2(CC(C(=O)C3C(=O)c4ccc(C(=O)c5ccc6c(c5)C(=O)C(C(=O)C5CC7(C5)CN(C(=O)OC(C)(C)C)C7)C6=O)cc4C3=O)C2)C1. The zero-order valence-corrected chi connectivity index (χ0v) is 32.3. The van der Waals surface area contributed by atoms with Gasteiger partial charge in [-0.25, -0.2) is 9.59 Å². The lowest BCUT2D eigenvalue weighted by Gasteiger charge is -2.58. The van der Waals surface area contributed by atoms with Gasteiger partial charge in [-0.3, -0.25) is 33.6 Å². The summed E-state index contributed by atoms with van der Waals surface area (Å²) in [4.78, 5) is 122. The maximum absolute atomic E-state index is 13.7. The smallest absolute Gasteiger partial charge is 0.410 e. The van der Waals surface area contributed by atoms with Crippen molar-refractivity contribution in [3.63, 3.8) is 0 Å². The fraction of sp³-hybridized carbons (Fsp3) is 0.512. The number of carbonyl (C=O) groups excluding carboxylic acids is 9. The first kappa shape index (κ1) is 37.6. The molecule has 8 rings (SSSR count). The van der Waals surface area contributed by atoms with Gasteiger partial charge >= 0.3 is 12.2 Å². The number of hydrogen-bond donors (Lipinski definition) is 0. The highest BCUT2D eigenvalue weighted by molar-refractivity contribution is 6.37. The Kier molecular flexibility index (Phi) is 8.28. The molecule has 13 nitrogen and oxygen atoms in total. The normalized spacial score (nSPS) is 24.5. The molecule has 0 bridgehead atoms. The third-order valence-electron chi connectivity index (χ3n) is 12.2. The monoisotopic (exact) mass is 764 g/mol. The van der Waals surface area contributed by atoms with Gasteiger partial charge in [-0.1, -0.05) is 12.1 Å². The number of fused-ring (bicyclic) bond motifs is 2. The van der Waals surface area contributed by atoms with E-state index in [1.54, 1.807) is 51.3 Å². The van der Waals surface area contributed by atoms with Crippen LogP contribution in [-0.2, 0) is 19.1 Å². The summed E-state index contributed by atoms with van der Waals surface area (Å²) in [7, 11) is 0. The predicted molar refractivity (Wildman–Crippen MR) is 197 cm³/mol. The van der Waals surface area contributed by atoms with Crippen LogP contribution >= 0.6 is 0 Å². The number of rotatable bonds is 6. The minimum absolute atomic E-state index is 0.0231. The average Bonchev–Trinajstić information content (AvgIpc) is 3.42. The number of carbonyl (C=O) groups is 9. The first-order chi connectivity index (χ1) is 26.1. The van der Waals surface area contributed by atoms with Crippen molar-refractivity contribution in [2.24, 2.45) is 34.5 Å². The molecule has 292 valence electrons. The van der Waals surface area contributed by atoms with E-state index in [1.165, 1.54) is 36.4 Å². The standard InChI is InChI=1S/C43H44N2O11/c1-40(2,3)55-38(53)44-17-42(18-44)13-23(14-42)32(47)29-34(49)25-9-7-21(11-27(25)36(29)51)31(46)22-8-10-26-28(12-22)37(52)30(35(26)50)33(48)24-15-43(16-24)19-45(20-43)39(54)56-41(4,5)6/h7-12,23-24,29-30H,13-20H2,1-6H3. The lowest BCUT2D eigenvalue weighted by Crippen LogP contribution is -2.65. The number of ether oxygens (including phenoxy) is 2. The Morgan fingerprint density at radius 2 is 0.857 bits per heavy atom. The summed E-state index contributed by atoms with van der Waals surface area (Å²) in [5.41, 5.74) is -1.52. The van der Waals surface area contributed by atoms with E-state index in [-0.39, 0.29) is 44.2 Å². The van der Waals surface area contributed by atoms with E-state index in [2.05, 4.69) is 0 Å². The molecule has 2 amide bonds. The molecule has 4 fully saturated rings. The van der Waals surface area contributed by atoms with Gasteiger partial charge in [-0.2, -0.15) is 0 Å². The van der Waals surface area contributed by atoms with Crippen molar-refractivity contribution in [1.29, 1.82) is 0 Å². The number of amides is 2. The zero-order valence-electron chi connectivity index (χ0n) is 32.3. The van der Waals surface area contributed by atoms with Crippen molar-refractivity contribution in [2.45, 2.75) is 78.4 Å². The van der Waals surface area contributed by atoms with Gasteiger partial charge in [-0.15, -0.1) is 0 Å². The van der Waals surface area contributed by atoms with Crippen molar-refractivity contribution in [1.82, 2.24) is 9.80 Å². The number of hydrogen-bond acceptors (Lipinski definition) is 11. The molecule has 2 aromatic carbocycles. The van der Waals surface area contributed by atoms with Crippen LogP contribution < -0.4 is 0 Å². The number of nitrogens with zero attached hydrogens (tertiary/aromatic N) is 2. The molecular weight excluding hydrogens is 720 g/mol. The van der Waals surface area contributed by atoms with Crippen LogP contribution in [0, 0.1) is 34.5 Å². The van der Waals surface area contributed by atoms with Crippen molar-refractivity contribution in [2.75, 3.05) is 26.2 Å². The van der Waals surface area contributed by atoms with E-state index in [0.717, 1.165) is 0 Å². The average molecular weight is 765 g/mol. The van der Waals surface area contributed by atoms with E-state index in [0.29, 0.717) is 51.9 Å². The quantitative estimate of drug-likeness (QED) is 0.274. The lowest BCUT2D eigenvalue weighted by molar-refractivity contribution is -0.142. The van der Waals surface area contributed by atoms with Crippen LogP contribution in [0.15, 0.2) is 36.4 Å². The molecule has 0 aromatic heterocycles. The van der Waals surface area contributed by atoms with Gasteiger partial charge < -0.3 is 19.3 Å². The number of ketones is 7. The second kappa shape index (κ2) is 12.3. The van der Waals surface area contributed by atoms with Crippen LogP contribution in [0.3, 0.4) is 0 Å². The summed E-state index contributed by atoms with van der Waals surface area (Å²) < 4.78 is 10.8. The maximum atomic E-state index is 13.7. The third kappa shape index (κ3) is 6.10. The van der Waals surface area contributed by atoms with E-state index >= 15 is 0 Å². The van der Waals surface area contributed by atoms with Gasteiger partial charge in [0.15, 0.2) is 40.5 Å². The molecule has 0 N–H and O–H groups in total. The molecule has 2 saturated carbocycles. The number of likely N-dealkylation sites (tertiary alicyclic amines) is 2. The molecule has 56 heavy (non-hydrogen) atoms. The third-order valence-corrected chi connectivity index (χ3v) is 12.2. The largest absolute Gasteiger partial charge is 0.444 e. The van der Waals surface area contributed by atoms with Crippen LogP contribution in [0.1, 0.15) is 125 Å². The minimum Gasteiger partial charge on any atom is -0.444 e. The topological polar surface area (TPSA) is 179 Å².